The van der Waals surface area contributed by atoms with Crippen LogP contribution in [-0.4, -0.2) is 12.5 Å². The standard InChI is InChI=1S/C25H27NO2/c1-17-10-11-18(2)23(14-17)25(27)26-21-12-13-22-20(15-21)8-5-9-24(22)28-16-19-6-3-4-7-19/h5,8-15,19H,3-4,6-7,16H2,1-2H3,(H,26,27). The Morgan fingerprint density at radius 3 is 2.68 bits per heavy atom. The molecule has 1 saturated carbocycles. The zero-order valence-corrected chi connectivity index (χ0v) is 16.6. The van der Waals surface area contributed by atoms with E-state index in [1.54, 1.807) is 0 Å². The van der Waals surface area contributed by atoms with E-state index < -0.39 is 0 Å². The van der Waals surface area contributed by atoms with Crippen molar-refractivity contribution in [3.63, 3.8) is 0 Å². The number of anilines is 1. The molecule has 0 spiro atoms. The molecule has 0 saturated heterocycles. The third-order valence-corrected chi connectivity index (χ3v) is 5.69. The second-order valence-electron chi connectivity index (χ2n) is 7.93. The summed E-state index contributed by atoms with van der Waals surface area (Å²) in [6.07, 6.45) is 5.21. The van der Waals surface area contributed by atoms with Gasteiger partial charge in [0.1, 0.15) is 5.75 Å². The quantitative estimate of drug-likeness (QED) is 0.572. The molecule has 4 rings (SSSR count). The molecule has 0 atom stereocenters. The lowest BCUT2D eigenvalue weighted by Gasteiger charge is -2.14. The fourth-order valence-corrected chi connectivity index (χ4v) is 4.02. The number of amides is 1. The van der Waals surface area contributed by atoms with Crippen LogP contribution in [0, 0.1) is 19.8 Å². The number of ether oxygens (including phenoxy) is 1. The Morgan fingerprint density at radius 1 is 1.04 bits per heavy atom. The van der Waals surface area contributed by atoms with Crippen LogP contribution in [0.1, 0.15) is 47.2 Å². The molecule has 144 valence electrons. The first-order valence-corrected chi connectivity index (χ1v) is 10.1. The van der Waals surface area contributed by atoms with Gasteiger partial charge in [0.25, 0.3) is 5.91 Å². The van der Waals surface area contributed by atoms with Crippen molar-refractivity contribution in [2.45, 2.75) is 39.5 Å². The molecule has 0 heterocycles. The third-order valence-electron chi connectivity index (χ3n) is 5.69. The molecule has 3 heteroatoms. The summed E-state index contributed by atoms with van der Waals surface area (Å²) in [5, 5.41) is 5.19. The average Bonchev–Trinajstić information content (AvgIpc) is 3.21. The molecule has 0 bridgehead atoms. The number of rotatable bonds is 5. The Balaban J connectivity index is 1.53. The molecule has 28 heavy (non-hydrogen) atoms. The first-order chi connectivity index (χ1) is 13.6. The zero-order valence-electron chi connectivity index (χ0n) is 16.6. The number of benzene rings is 3. The lowest BCUT2D eigenvalue weighted by atomic mass is 10.0. The van der Waals surface area contributed by atoms with Crippen LogP contribution in [0.2, 0.25) is 0 Å². The van der Waals surface area contributed by atoms with E-state index >= 15 is 0 Å². The van der Waals surface area contributed by atoms with Gasteiger partial charge in [0.15, 0.2) is 0 Å². The summed E-state index contributed by atoms with van der Waals surface area (Å²) in [5.74, 6) is 1.54. The van der Waals surface area contributed by atoms with Gasteiger partial charge in [0.05, 0.1) is 6.61 Å². The maximum atomic E-state index is 12.7. The van der Waals surface area contributed by atoms with Crippen LogP contribution in [0.3, 0.4) is 0 Å². The van der Waals surface area contributed by atoms with Crippen LogP contribution in [0.4, 0.5) is 5.69 Å². The molecule has 0 aliphatic heterocycles. The molecular formula is C25H27NO2. The maximum absolute atomic E-state index is 12.7. The normalized spacial score (nSPS) is 14.4. The van der Waals surface area contributed by atoms with Gasteiger partial charge in [-0.2, -0.15) is 0 Å². The maximum Gasteiger partial charge on any atom is 0.255 e. The molecular weight excluding hydrogens is 346 g/mol. The average molecular weight is 373 g/mol. The van der Waals surface area contributed by atoms with Crippen LogP contribution >= 0.6 is 0 Å². The van der Waals surface area contributed by atoms with Crippen molar-refractivity contribution in [2.75, 3.05) is 11.9 Å². The first-order valence-electron chi connectivity index (χ1n) is 10.1. The van der Waals surface area contributed by atoms with Crippen molar-refractivity contribution in [3.8, 4) is 5.75 Å². The highest BCUT2D eigenvalue weighted by Gasteiger charge is 2.16. The zero-order chi connectivity index (χ0) is 19.5. The van der Waals surface area contributed by atoms with E-state index in [0.717, 1.165) is 39.9 Å². The second-order valence-corrected chi connectivity index (χ2v) is 7.93. The Bertz CT molecular complexity index is 1000. The predicted molar refractivity (Wildman–Crippen MR) is 115 cm³/mol. The predicted octanol–water partition coefficient (Wildman–Crippen LogP) is 6.28. The molecule has 1 aliphatic rings. The van der Waals surface area contributed by atoms with Crippen molar-refractivity contribution >= 4 is 22.4 Å². The van der Waals surface area contributed by atoms with Crippen LogP contribution in [0.25, 0.3) is 10.8 Å². The van der Waals surface area contributed by atoms with Crippen LogP contribution in [0.15, 0.2) is 54.6 Å². The van der Waals surface area contributed by atoms with Gasteiger partial charge >= 0.3 is 0 Å². The largest absolute Gasteiger partial charge is 0.493 e. The number of carbonyl (C=O) groups excluding carboxylic acids is 1. The van der Waals surface area contributed by atoms with E-state index in [2.05, 4.69) is 11.4 Å². The van der Waals surface area contributed by atoms with Gasteiger partial charge in [0.2, 0.25) is 0 Å². The Morgan fingerprint density at radius 2 is 1.86 bits per heavy atom. The van der Waals surface area contributed by atoms with Crippen LogP contribution in [0.5, 0.6) is 5.75 Å². The highest BCUT2D eigenvalue weighted by Crippen LogP contribution is 2.31. The minimum absolute atomic E-state index is 0.0748. The molecule has 0 aromatic heterocycles. The van der Waals surface area contributed by atoms with Gasteiger partial charge in [0, 0.05) is 16.6 Å². The third kappa shape index (κ3) is 4.04. The SMILES string of the molecule is Cc1ccc(C)c(C(=O)Nc2ccc3c(OCC4CCCC4)cccc3c2)c1. The number of fused-ring (bicyclic) bond motifs is 1. The molecule has 0 unspecified atom stereocenters. The summed E-state index contributed by atoms with van der Waals surface area (Å²) in [4.78, 5) is 12.7. The summed E-state index contributed by atoms with van der Waals surface area (Å²) >= 11 is 0. The van der Waals surface area contributed by atoms with Crippen LogP contribution in [-0.2, 0) is 0 Å². The van der Waals surface area contributed by atoms with Crippen molar-refractivity contribution < 1.29 is 9.53 Å². The molecule has 1 N–H and O–H groups in total. The number of hydrogen-bond acceptors (Lipinski definition) is 2. The highest BCUT2D eigenvalue weighted by molar-refractivity contribution is 6.06. The highest BCUT2D eigenvalue weighted by atomic mass is 16.5. The van der Waals surface area contributed by atoms with Gasteiger partial charge < -0.3 is 10.1 Å². The van der Waals surface area contributed by atoms with Crippen LogP contribution < -0.4 is 10.1 Å². The molecule has 1 fully saturated rings. The summed E-state index contributed by atoms with van der Waals surface area (Å²) in [7, 11) is 0. The number of carbonyl (C=O) groups is 1. The molecule has 3 aromatic rings. The molecule has 1 aliphatic carbocycles. The Kier molecular flexibility index (Phi) is 5.34. The Labute approximate surface area is 166 Å². The molecule has 0 radical (unpaired) electrons. The van der Waals surface area contributed by atoms with E-state index in [1.165, 1.54) is 25.7 Å². The minimum Gasteiger partial charge on any atom is -0.493 e. The Hall–Kier alpha value is -2.81. The van der Waals surface area contributed by atoms with E-state index in [-0.39, 0.29) is 5.91 Å². The lowest BCUT2D eigenvalue weighted by molar-refractivity contribution is 0.102. The smallest absolute Gasteiger partial charge is 0.255 e. The number of hydrogen-bond donors (Lipinski definition) is 1. The van der Waals surface area contributed by atoms with Gasteiger partial charge in [-0.25, -0.2) is 0 Å². The summed E-state index contributed by atoms with van der Waals surface area (Å²) < 4.78 is 6.14. The monoisotopic (exact) mass is 373 g/mol. The second kappa shape index (κ2) is 8.05. The summed E-state index contributed by atoms with van der Waals surface area (Å²) in [6, 6.07) is 18.1. The summed E-state index contributed by atoms with van der Waals surface area (Å²) in [6.45, 7) is 4.76. The topological polar surface area (TPSA) is 38.3 Å². The van der Waals surface area contributed by atoms with E-state index in [4.69, 9.17) is 4.74 Å². The van der Waals surface area contributed by atoms with Crippen molar-refractivity contribution in [2.24, 2.45) is 5.92 Å². The fraction of sp³-hybridized carbons (Fsp3) is 0.320. The van der Waals surface area contributed by atoms with Gasteiger partial charge in [-0.3, -0.25) is 4.79 Å². The van der Waals surface area contributed by atoms with Crippen molar-refractivity contribution in [1.29, 1.82) is 0 Å². The van der Waals surface area contributed by atoms with Crippen molar-refractivity contribution in [1.82, 2.24) is 0 Å². The van der Waals surface area contributed by atoms with Gasteiger partial charge in [-0.05, 0) is 73.9 Å². The lowest BCUT2D eigenvalue weighted by Crippen LogP contribution is -2.13. The van der Waals surface area contributed by atoms with Crippen molar-refractivity contribution in [3.05, 3.63) is 71.3 Å². The molecule has 1 amide bonds. The fourth-order valence-electron chi connectivity index (χ4n) is 4.02. The van der Waals surface area contributed by atoms with Gasteiger partial charge in [-0.1, -0.05) is 42.7 Å². The molecule has 3 aromatic carbocycles. The first kappa shape index (κ1) is 18.5. The number of aryl methyl sites for hydroxylation is 2. The number of nitrogens with one attached hydrogen (secondary N) is 1. The molecule has 3 nitrogen and oxygen atoms in total. The minimum atomic E-state index is -0.0748. The van der Waals surface area contributed by atoms with E-state index in [9.17, 15) is 4.79 Å². The summed E-state index contributed by atoms with van der Waals surface area (Å²) in [5.41, 5.74) is 3.57. The van der Waals surface area contributed by atoms with Gasteiger partial charge in [-0.15, -0.1) is 0 Å². The van der Waals surface area contributed by atoms with E-state index in [1.807, 2.05) is 62.4 Å². The van der Waals surface area contributed by atoms with E-state index in [0.29, 0.717) is 11.5 Å².